The molecule has 0 aromatic rings. The predicted octanol–water partition coefficient (Wildman–Crippen LogP) is 0.439. The van der Waals surface area contributed by atoms with Crippen LogP contribution in [0, 0.1) is 12.3 Å². The molecule has 0 aliphatic carbocycles. The molecule has 0 saturated carbocycles. The van der Waals surface area contributed by atoms with Gasteiger partial charge in [0.05, 0.1) is 0 Å². The molecule has 0 aromatic heterocycles. The molecule has 0 spiro atoms. The van der Waals surface area contributed by atoms with Crippen molar-refractivity contribution >= 4 is 0 Å². The fourth-order valence-corrected chi connectivity index (χ4v) is 0. The SMILES string of the molecule is C#CC(C)[O]. The van der Waals surface area contributed by atoms with E-state index in [0.29, 0.717) is 0 Å². The van der Waals surface area contributed by atoms with Gasteiger partial charge >= 0.3 is 0 Å². The number of rotatable bonds is 0. The van der Waals surface area contributed by atoms with Crippen molar-refractivity contribution in [1.29, 1.82) is 0 Å². The molecule has 0 amide bonds. The molecule has 0 aromatic carbocycles. The molecule has 0 fully saturated rings. The Hall–Kier alpha value is -0.480. The van der Waals surface area contributed by atoms with E-state index in [1.54, 1.807) is 0 Å². The van der Waals surface area contributed by atoms with Crippen molar-refractivity contribution in [2.45, 2.75) is 13.0 Å². The van der Waals surface area contributed by atoms with E-state index >= 15 is 0 Å². The van der Waals surface area contributed by atoms with Gasteiger partial charge in [-0.25, -0.2) is 5.11 Å². The third kappa shape index (κ3) is 3.52. The molecule has 27 valence electrons. The zero-order valence-corrected chi connectivity index (χ0v) is 3.06. The lowest BCUT2D eigenvalue weighted by molar-refractivity contribution is 0.154. The van der Waals surface area contributed by atoms with Crippen LogP contribution in [0.5, 0.6) is 0 Å². The minimum atomic E-state index is -0.838. The summed E-state index contributed by atoms with van der Waals surface area (Å²) < 4.78 is 0. The van der Waals surface area contributed by atoms with Gasteiger partial charge < -0.3 is 0 Å². The Morgan fingerprint density at radius 2 is 2.20 bits per heavy atom. The minimum Gasteiger partial charge on any atom is -0.219 e. The Labute approximate surface area is 31.6 Å². The molecule has 0 aliphatic rings. The second kappa shape index (κ2) is 1.80. The molecule has 1 atom stereocenters. The molecule has 0 bridgehead atoms. The maximum atomic E-state index is 9.66. The van der Waals surface area contributed by atoms with E-state index in [-0.39, 0.29) is 0 Å². The second-order valence-corrected chi connectivity index (χ2v) is 0.809. The molecule has 0 rings (SSSR count). The monoisotopic (exact) mass is 69.0 g/mol. The lowest BCUT2D eigenvalue weighted by Gasteiger charge is -1.75. The van der Waals surface area contributed by atoms with E-state index in [1.165, 1.54) is 6.92 Å². The van der Waals surface area contributed by atoms with Gasteiger partial charge in [0.25, 0.3) is 0 Å². The first-order chi connectivity index (χ1) is 2.27. The smallest absolute Gasteiger partial charge is 0.150 e. The summed E-state index contributed by atoms with van der Waals surface area (Å²) in [4.78, 5) is 0. The van der Waals surface area contributed by atoms with Gasteiger partial charge in [-0.2, -0.15) is 0 Å². The first-order valence-corrected chi connectivity index (χ1v) is 1.39. The standard InChI is InChI=1S/C4H5O/c1-3-4(2)5/h1,4H,2H3. The summed E-state index contributed by atoms with van der Waals surface area (Å²) in [5.74, 6) is 1.97. The Bertz CT molecular complexity index is 49.2. The van der Waals surface area contributed by atoms with E-state index < -0.39 is 6.10 Å². The van der Waals surface area contributed by atoms with Gasteiger partial charge in [-0.3, -0.25) is 0 Å². The molecular weight excluding hydrogens is 64.0 g/mol. The molecule has 0 saturated heterocycles. The minimum absolute atomic E-state index is 0.838. The van der Waals surface area contributed by atoms with Crippen LogP contribution in [-0.4, -0.2) is 6.10 Å². The highest BCUT2D eigenvalue weighted by Gasteiger charge is 1.79. The van der Waals surface area contributed by atoms with Crippen LogP contribution >= 0.6 is 0 Å². The maximum Gasteiger partial charge on any atom is 0.150 e. The highest BCUT2D eigenvalue weighted by molar-refractivity contribution is 4.89. The van der Waals surface area contributed by atoms with Crippen LogP contribution in [0.1, 0.15) is 6.92 Å². The average molecular weight is 69.1 g/mol. The topological polar surface area (TPSA) is 19.9 Å². The normalized spacial score (nSPS) is 13.0. The second-order valence-electron chi connectivity index (χ2n) is 0.809. The van der Waals surface area contributed by atoms with E-state index in [2.05, 4.69) is 6.42 Å². The van der Waals surface area contributed by atoms with Crippen LogP contribution in [-0.2, 0) is 5.11 Å². The molecule has 0 aliphatic heterocycles. The van der Waals surface area contributed by atoms with Crippen LogP contribution in [0.2, 0.25) is 0 Å². The molecular formula is C4H5O. The summed E-state index contributed by atoms with van der Waals surface area (Å²) in [6.07, 6.45) is 3.77. The zero-order valence-electron chi connectivity index (χ0n) is 3.06. The molecule has 1 nitrogen and oxygen atoms in total. The molecule has 1 heteroatoms. The average Bonchev–Trinajstić information content (AvgIpc) is 1.38. The fraction of sp³-hybridized carbons (Fsp3) is 0.500. The van der Waals surface area contributed by atoms with Crippen molar-refractivity contribution < 1.29 is 5.11 Å². The van der Waals surface area contributed by atoms with Crippen molar-refractivity contribution in [3.8, 4) is 12.3 Å². The molecule has 0 N–H and O–H groups in total. The number of hydrogen-bond acceptors (Lipinski definition) is 0. The number of hydrogen-bond donors (Lipinski definition) is 0. The van der Waals surface area contributed by atoms with Gasteiger partial charge in [-0.05, 0) is 6.92 Å². The summed E-state index contributed by atoms with van der Waals surface area (Å²) >= 11 is 0. The fourth-order valence-electron chi connectivity index (χ4n) is 0. The van der Waals surface area contributed by atoms with Gasteiger partial charge in [-0.1, -0.05) is 5.92 Å². The number of terminal acetylenes is 1. The lowest BCUT2D eigenvalue weighted by Crippen LogP contribution is -1.87. The summed E-state index contributed by atoms with van der Waals surface area (Å²) in [7, 11) is 0. The molecule has 1 unspecified atom stereocenters. The van der Waals surface area contributed by atoms with E-state index in [4.69, 9.17) is 0 Å². The van der Waals surface area contributed by atoms with Crippen LogP contribution in [0.25, 0.3) is 0 Å². The lowest BCUT2D eigenvalue weighted by atomic mass is 10.4. The maximum absolute atomic E-state index is 9.66. The van der Waals surface area contributed by atoms with Crippen LogP contribution in [0.3, 0.4) is 0 Å². The highest BCUT2D eigenvalue weighted by atomic mass is 16.3. The van der Waals surface area contributed by atoms with Gasteiger partial charge in [0.2, 0.25) is 0 Å². The summed E-state index contributed by atoms with van der Waals surface area (Å²) in [6, 6.07) is 0. The first kappa shape index (κ1) is 4.52. The van der Waals surface area contributed by atoms with Gasteiger partial charge in [0.15, 0.2) is 6.10 Å². The van der Waals surface area contributed by atoms with Gasteiger partial charge in [0, 0.05) is 0 Å². The zero-order chi connectivity index (χ0) is 4.28. The summed E-state index contributed by atoms with van der Waals surface area (Å²) in [6.45, 7) is 1.43. The Kier molecular flexibility index (Phi) is 1.63. The quantitative estimate of drug-likeness (QED) is 0.368. The molecule has 1 radical (unpaired) electrons. The van der Waals surface area contributed by atoms with Gasteiger partial charge in [-0.15, -0.1) is 6.42 Å². The van der Waals surface area contributed by atoms with Gasteiger partial charge in [0.1, 0.15) is 0 Å². The summed E-state index contributed by atoms with van der Waals surface area (Å²) in [5.41, 5.74) is 0. The van der Waals surface area contributed by atoms with Crippen molar-refractivity contribution in [1.82, 2.24) is 0 Å². The van der Waals surface area contributed by atoms with Crippen molar-refractivity contribution in [2.75, 3.05) is 0 Å². The van der Waals surface area contributed by atoms with Crippen LogP contribution in [0.4, 0.5) is 0 Å². The Morgan fingerprint density at radius 3 is 2.20 bits per heavy atom. The van der Waals surface area contributed by atoms with E-state index in [9.17, 15) is 5.11 Å². The predicted molar refractivity (Wildman–Crippen MR) is 19.0 cm³/mol. The highest BCUT2D eigenvalue weighted by Crippen LogP contribution is 1.68. The molecule has 5 heavy (non-hydrogen) atoms. The van der Waals surface area contributed by atoms with Crippen LogP contribution < -0.4 is 0 Å². The Balaban J connectivity index is 2.94. The van der Waals surface area contributed by atoms with Crippen LogP contribution in [0.15, 0.2) is 0 Å². The molecule has 0 heterocycles. The van der Waals surface area contributed by atoms with Crippen molar-refractivity contribution in [3.63, 3.8) is 0 Å². The third-order valence-corrected chi connectivity index (χ3v) is 0.235. The Morgan fingerprint density at radius 1 is 2.00 bits per heavy atom. The largest absolute Gasteiger partial charge is 0.219 e. The third-order valence-electron chi connectivity index (χ3n) is 0.235. The first-order valence-electron chi connectivity index (χ1n) is 1.39. The van der Waals surface area contributed by atoms with E-state index in [1.807, 2.05) is 5.92 Å². The summed E-state index contributed by atoms with van der Waals surface area (Å²) in [5, 5.41) is 9.66. The van der Waals surface area contributed by atoms with Crippen molar-refractivity contribution in [2.24, 2.45) is 0 Å². The van der Waals surface area contributed by atoms with Crippen molar-refractivity contribution in [3.05, 3.63) is 0 Å². The van der Waals surface area contributed by atoms with E-state index in [0.717, 1.165) is 0 Å².